The Hall–Kier alpha value is -2.39. The van der Waals surface area contributed by atoms with Crippen molar-refractivity contribution < 1.29 is 4.79 Å². The van der Waals surface area contributed by atoms with E-state index in [9.17, 15) is 4.79 Å². The SMILES string of the molecule is Cc1ccc(C2=NC(=O)/C(=C\C=C\c3ccccc3)S2)cc1. The van der Waals surface area contributed by atoms with Gasteiger partial charge in [0.15, 0.2) is 0 Å². The first-order valence-electron chi connectivity index (χ1n) is 7.04. The van der Waals surface area contributed by atoms with E-state index in [-0.39, 0.29) is 5.91 Å². The molecule has 1 aliphatic heterocycles. The van der Waals surface area contributed by atoms with Crippen molar-refractivity contribution in [3.05, 3.63) is 88.3 Å². The normalized spacial score (nSPS) is 16.5. The monoisotopic (exact) mass is 305 g/mol. The van der Waals surface area contributed by atoms with E-state index in [2.05, 4.69) is 4.99 Å². The van der Waals surface area contributed by atoms with Crippen molar-refractivity contribution in [3.63, 3.8) is 0 Å². The Bertz CT molecular complexity index is 771. The minimum atomic E-state index is -0.168. The standard InChI is InChI=1S/C19H15NOS/c1-14-10-12-16(13-11-14)19-20-18(21)17(22-19)9-5-8-15-6-3-2-4-7-15/h2-13H,1H3/b8-5+,17-9+. The minimum absolute atomic E-state index is 0.168. The van der Waals surface area contributed by atoms with E-state index in [1.54, 1.807) is 0 Å². The molecule has 22 heavy (non-hydrogen) atoms. The van der Waals surface area contributed by atoms with E-state index in [1.165, 1.54) is 17.3 Å². The molecule has 0 saturated heterocycles. The van der Waals surface area contributed by atoms with E-state index in [1.807, 2.05) is 79.7 Å². The fourth-order valence-corrected chi connectivity index (χ4v) is 2.92. The number of aryl methyl sites for hydroxylation is 1. The number of thioether (sulfide) groups is 1. The van der Waals surface area contributed by atoms with Crippen LogP contribution in [0.1, 0.15) is 16.7 Å². The van der Waals surface area contributed by atoms with Gasteiger partial charge < -0.3 is 0 Å². The number of allylic oxidation sites excluding steroid dienone is 2. The van der Waals surface area contributed by atoms with Gasteiger partial charge in [-0.1, -0.05) is 84.1 Å². The molecule has 1 heterocycles. The number of amides is 1. The van der Waals surface area contributed by atoms with Crippen molar-refractivity contribution in [2.45, 2.75) is 6.92 Å². The first-order chi connectivity index (χ1) is 10.7. The van der Waals surface area contributed by atoms with Crippen LogP contribution in [0.3, 0.4) is 0 Å². The van der Waals surface area contributed by atoms with Crippen molar-refractivity contribution in [2.75, 3.05) is 0 Å². The number of carbonyl (C=O) groups is 1. The highest BCUT2D eigenvalue weighted by atomic mass is 32.2. The maximum absolute atomic E-state index is 12.0. The first kappa shape index (κ1) is 14.5. The van der Waals surface area contributed by atoms with Gasteiger partial charge in [0.2, 0.25) is 0 Å². The molecule has 0 fully saturated rings. The Morgan fingerprint density at radius 2 is 1.73 bits per heavy atom. The number of nitrogens with zero attached hydrogens (tertiary/aromatic N) is 1. The van der Waals surface area contributed by atoms with E-state index in [4.69, 9.17) is 0 Å². The molecular weight excluding hydrogens is 290 g/mol. The lowest BCUT2D eigenvalue weighted by Gasteiger charge is -1.99. The van der Waals surface area contributed by atoms with Gasteiger partial charge >= 0.3 is 0 Å². The third-order valence-corrected chi connectivity index (χ3v) is 4.31. The topological polar surface area (TPSA) is 29.4 Å². The molecule has 1 aliphatic rings. The molecule has 108 valence electrons. The van der Waals surface area contributed by atoms with Gasteiger partial charge in [-0.05, 0) is 18.6 Å². The number of rotatable bonds is 3. The lowest BCUT2D eigenvalue weighted by Crippen LogP contribution is -1.90. The van der Waals surface area contributed by atoms with E-state index in [0.29, 0.717) is 4.91 Å². The van der Waals surface area contributed by atoms with Gasteiger partial charge in [0, 0.05) is 5.56 Å². The van der Waals surface area contributed by atoms with E-state index >= 15 is 0 Å². The highest BCUT2D eigenvalue weighted by Gasteiger charge is 2.21. The smallest absolute Gasteiger partial charge is 0.266 e. The van der Waals surface area contributed by atoms with Gasteiger partial charge in [0.1, 0.15) is 5.04 Å². The molecule has 0 bridgehead atoms. The molecular formula is C19H15NOS. The number of aliphatic imine (C=N–C) groups is 1. The second-order valence-electron chi connectivity index (χ2n) is 4.99. The van der Waals surface area contributed by atoms with Crippen LogP contribution < -0.4 is 0 Å². The molecule has 0 aliphatic carbocycles. The van der Waals surface area contributed by atoms with Crippen molar-refractivity contribution in [2.24, 2.45) is 4.99 Å². The predicted molar refractivity (Wildman–Crippen MR) is 93.9 cm³/mol. The Morgan fingerprint density at radius 3 is 2.45 bits per heavy atom. The van der Waals surface area contributed by atoms with Crippen molar-refractivity contribution in [3.8, 4) is 0 Å². The Balaban J connectivity index is 1.73. The molecule has 3 heteroatoms. The molecule has 3 rings (SSSR count). The van der Waals surface area contributed by atoms with Crippen molar-refractivity contribution in [1.82, 2.24) is 0 Å². The zero-order chi connectivity index (χ0) is 15.4. The summed E-state index contributed by atoms with van der Waals surface area (Å²) in [5.41, 5.74) is 3.29. The molecule has 0 atom stereocenters. The van der Waals surface area contributed by atoms with Crippen molar-refractivity contribution in [1.29, 1.82) is 0 Å². The van der Waals surface area contributed by atoms with Gasteiger partial charge in [-0.2, -0.15) is 0 Å². The summed E-state index contributed by atoms with van der Waals surface area (Å²) in [5, 5.41) is 0.768. The van der Waals surface area contributed by atoms with Gasteiger partial charge in [-0.25, -0.2) is 4.99 Å². The zero-order valence-corrected chi connectivity index (χ0v) is 13.0. The molecule has 0 spiro atoms. The summed E-state index contributed by atoms with van der Waals surface area (Å²) in [4.78, 5) is 16.7. The minimum Gasteiger partial charge on any atom is -0.266 e. The van der Waals surface area contributed by atoms with Gasteiger partial charge in [0.25, 0.3) is 5.91 Å². The van der Waals surface area contributed by atoms with Gasteiger partial charge in [-0.15, -0.1) is 0 Å². The van der Waals surface area contributed by atoms with Gasteiger partial charge in [0.05, 0.1) is 4.91 Å². The molecule has 2 aromatic carbocycles. The Labute approximate surface area is 134 Å². The maximum Gasteiger partial charge on any atom is 0.284 e. The molecule has 0 unspecified atom stereocenters. The molecule has 0 saturated carbocycles. The third-order valence-electron chi connectivity index (χ3n) is 3.25. The summed E-state index contributed by atoms with van der Waals surface area (Å²) in [6.07, 6.45) is 5.69. The van der Waals surface area contributed by atoms with Crippen LogP contribution in [-0.4, -0.2) is 11.0 Å². The molecule has 0 aromatic heterocycles. The molecule has 2 nitrogen and oxygen atoms in total. The molecule has 0 N–H and O–H groups in total. The van der Waals surface area contributed by atoms with Crippen LogP contribution >= 0.6 is 11.8 Å². The quantitative estimate of drug-likeness (QED) is 0.775. The number of hydrogen-bond acceptors (Lipinski definition) is 2. The highest BCUT2D eigenvalue weighted by Crippen LogP contribution is 2.30. The fourth-order valence-electron chi connectivity index (χ4n) is 2.05. The summed E-state index contributed by atoms with van der Waals surface area (Å²) >= 11 is 1.42. The zero-order valence-electron chi connectivity index (χ0n) is 12.2. The first-order valence-corrected chi connectivity index (χ1v) is 7.85. The Kier molecular flexibility index (Phi) is 4.35. The van der Waals surface area contributed by atoms with Crippen LogP contribution in [-0.2, 0) is 4.79 Å². The Morgan fingerprint density at radius 1 is 1.00 bits per heavy atom. The number of hydrogen-bond donors (Lipinski definition) is 0. The van der Waals surface area contributed by atoms with Crippen molar-refractivity contribution >= 4 is 28.8 Å². The van der Waals surface area contributed by atoms with Crippen LogP contribution in [0.2, 0.25) is 0 Å². The highest BCUT2D eigenvalue weighted by molar-refractivity contribution is 8.19. The fraction of sp³-hybridized carbons (Fsp3) is 0.0526. The average molecular weight is 305 g/mol. The second kappa shape index (κ2) is 6.58. The van der Waals surface area contributed by atoms with Crippen LogP contribution in [0.15, 0.2) is 76.6 Å². The number of benzene rings is 2. The lowest BCUT2D eigenvalue weighted by atomic mass is 10.2. The lowest BCUT2D eigenvalue weighted by molar-refractivity contribution is -0.113. The summed E-state index contributed by atoms with van der Waals surface area (Å²) in [6, 6.07) is 18.0. The van der Waals surface area contributed by atoms with Crippen LogP contribution in [0.25, 0.3) is 6.08 Å². The third kappa shape index (κ3) is 3.43. The van der Waals surface area contributed by atoms with Crippen LogP contribution in [0.5, 0.6) is 0 Å². The molecule has 1 amide bonds. The van der Waals surface area contributed by atoms with Gasteiger partial charge in [-0.3, -0.25) is 4.79 Å². The van der Waals surface area contributed by atoms with Crippen LogP contribution in [0.4, 0.5) is 0 Å². The predicted octanol–water partition coefficient (Wildman–Crippen LogP) is 4.61. The summed E-state index contributed by atoms with van der Waals surface area (Å²) in [6.45, 7) is 2.04. The van der Waals surface area contributed by atoms with E-state index in [0.717, 1.165) is 16.2 Å². The number of carbonyl (C=O) groups excluding carboxylic acids is 1. The summed E-state index contributed by atoms with van der Waals surface area (Å²) in [7, 11) is 0. The van der Waals surface area contributed by atoms with E-state index < -0.39 is 0 Å². The average Bonchev–Trinajstić information content (AvgIpc) is 2.90. The molecule has 0 radical (unpaired) electrons. The maximum atomic E-state index is 12.0. The van der Waals surface area contributed by atoms with Crippen LogP contribution in [0, 0.1) is 6.92 Å². The summed E-state index contributed by atoms with van der Waals surface area (Å²) < 4.78 is 0. The summed E-state index contributed by atoms with van der Waals surface area (Å²) in [5.74, 6) is -0.168. The molecule has 2 aromatic rings. The largest absolute Gasteiger partial charge is 0.284 e. The second-order valence-corrected chi connectivity index (χ2v) is 6.02.